The van der Waals surface area contributed by atoms with Crippen LogP contribution in [0.4, 0.5) is 5.69 Å². The van der Waals surface area contributed by atoms with Crippen molar-refractivity contribution < 1.29 is 18.0 Å². The van der Waals surface area contributed by atoms with Crippen molar-refractivity contribution >= 4 is 55.1 Å². The van der Waals surface area contributed by atoms with Crippen molar-refractivity contribution in [2.75, 3.05) is 23.7 Å². The Balaban J connectivity index is 2.04. The highest BCUT2D eigenvalue weighted by atomic mass is 79.9. The molecular weight excluding hydrogens is 614 g/mol. The molecule has 0 unspecified atom stereocenters. The molecule has 0 aromatic heterocycles. The molecule has 1 N–H and O–H groups in total. The molecule has 0 aliphatic heterocycles. The van der Waals surface area contributed by atoms with Crippen LogP contribution in [0.25, 0.3) is 0 Å². The summed E-state index contributed by atoms with van der Waals surface area (Å²) in [5, 5.41) is 3.44. The maximum Gasteiger partial charge on any atom is 0.244 e. The molecule has 0 saturated heterocycles. The summed E-state index contributed by atoms with van der Waals surface area (Å²) in [6.45, 7) is 3.92. The van der Waals surface area contributed by atoms with Crippen molar-refractivity contribution in [2.45, 2.75) is 45.7 Å². The van der Waals surface area contributed by atoms with Crippen LogP contribution in [0.1, 0.15) is 36.5 Å². The molecule has 3 aromatic rings. The summed E-state index contributed by atoms with van der Waals surface area (Å²) in [5.74, 6) is -0.773. The van der Waals surface area contributed by atoms with E-state index in [9.17, 15) is 18.0 Å². The molecule has 3 aromatic carbocycles. The Morgan fingerprint density at radius 1 is 1.00 bits per heavy atom. The fourth-order valence-corrected chi connectivity index (χ4v) is 5.74. The molecule has 214 valence electrons. The molecule has 0 bridgehead atoms. The van der Waals surface area contributed by atoms with Crippen molar-refractivity contribution in [1.82, 2.24) is 10.2 Å². The van der Waals surface area contributed by atoms with Crippen molar-refractivity contribution in [3.8, 4) is 0 Å². The Morgan fingerprint density at radius 3 is 2.27 bits per heavy atom. The number of benzene rings is 3. The van der Waals surface area contributed by atoms with Crippen LogP contribution >= 0.6 is 27.5 Å². The van der Waals surface area contributed by atoms with E-state index < -0.39 is 28.5 Å². The van der Waals surface area contributed by atoms with E-state index in [0.29, 0.717) is 22.8 Å². The maximum atomic E-state index is 14.1. The van der Waals surface area contributed by atoms with Crippen molar-refractivity contribution in [3.05, 3.63) is 99.0 Å². The van der Waals surface area contributed by atoms with Gasteiger partial charge in [-0.25, -0.2) is 8.42 Å². The molecular formula is C30H35BrClN3O4S. The van der Waals surface area contributed by atoms with Gasteiger partial charge in [0.2, 0.25) is 21.8 Å². The molecule has 0 aliphatic carbocycles. The van der Waals surface area contributed by atoms with E-state index in [2.05, 4.69) is 21.2 Å². The second-order valence-electron chi connectivity index (χ2n) is 9.70. The minimum absolute atomic E-state index is 0.127. The third kappa shape index (κ3) is 9.08. The normalized spacial score (nSPS) is 12.0. The average molecular weight is 649 g/mol. The van der Waals surface area contributed by atoms with E-state index >= 15 is 0 Å². The van der Waals surface area contributed by atoms with Crippen LogP contribution in [-0.4, -0.2) is 50.5 Å². The highest BCUT2D eigenvalue weighted by molar-refractivity contribution is 9.10. The van der Waals surface area contributed by atoms with Gasteiger partial charge in [0, 0.05) is 29.0 Å². The Bertz CT molecular complexity index is 1400. The Labute approximate surface area is 250 Å². The summed E-state index contributed by atoms with van der Waals surface area (Å²) in [7, 11) is -3.85. The van der Waals surface area contributed by atoms with Gasteiger partial charge in [-0.3, -0.25) is 13.9 Å². The number of carbonyl (C=O) groups excluding carboxylic acids is 2. The monoisotopic (exact) mass is 647 g/mol. The topological polar surface area (TPSA) is 86.8 Å². The summed E-state index contributed by atoms with van der Waals surface area (Å²) < 4.78 is 27.8. The van der Waals surface area contributed by atoms with Gasteiger partial charge in [-0.2, -0.15) is 0 Å². The number of hydrogen-bond donors (Lipinski definition) is 1. The first-order chi connectivity index (χ1) is 19.0. The number of sulfonamides is 1. The third-order valence-corrected chi connectivity index (χ3v) is 8.36. The van der Waals surface area contributed by atoms with Gasteiger partial charge in [-0.1, -0.05) is 83.3 Å². The Morgan fingerprint density at radius 2 is 1.68 bits per heavy atom. The molecule has 10 heteroatoms. The van der Waals surface area contributed by atoms with Gasteiger partial charge in [0.25, 0.3) is 0 Å². The standard InChI is InChI=1S/C30H35BrClN3O4S/c1-4-5-17-33-30(37)28(19-23-9-7-6-8-10-23)34(20-24-11-13-25(31)14-12-24)29(36)21-35(40(3,38)39)27-16-15-26(32)18-22(27)2/h6-16,18,28H,4-5,17,19-21H2,1-3H3,(H,33,37)/t28-/m1/s1. The molecule has 3 rings (SSSR count). The third-order valence-electron chi connectivity index (χ3n) is 6.47. The molecule has 0 aliphatic rings. The lowest BCUT2D eigenvalue weighted by molar-refractivity contribution is -0.140. The van der Waals surface area contributed by atoms with E-state index in [1.165, 1.54) is 4.90 Å². The predicted octanol–water partition coefficient (Wildman–Crippen LogP) is 5.73. The van der Waals surface area contributed by atoms with Gasteiger partial charge < -0.3 is 10.2 Å². The number of carbonyl (C=O) groups is 2. The van der Waals surface area contributed by atoms with Gasteiger partial charge in [0.1, 0.15) is 12.6 Å². The fourth-order valence-electron chi connectivity index (χ4n) is 4.34. The quantitative estimate of drug-likeness (QED) is 0.240. The summed E-state index contributed by atoms with van der Waals surface area (Å²) in [4.78, 5) is 29.2. The summed E-state index contributed by atoms with van der Waals surface area (Å²) >= 11 is 9.55. The van der Waals surface area contributed by atoms with Crippen LogP contribution in [-0.2, 0) is 32.6 Å². The molecule has 0 spiro atoms. The van der Waals surface area contributed by atoms with E-state index in [0.717, 1.165) is 39.0 Å². The SMILES string of the molecule is CCCCNC(=O)[C@@H](Cc1ccccc1)N(Cc1ccc(Br)cc1)C(=O)CN(c1ccc(Cl)cc1C)S(C)(=O)=O. The zero-order valence-electron chi connectivity index (χ0n) is 22.9. The van der Waals surface area contributed by atoms with Gasteiger partial charge >= 0.3 is 0 Å². The second kappa shape index (κ2) is 14.7. The summed E-state index contributed by atoms with van der Waals surface area (Å²) in [6, 6.07) is 20.9. The van der Waals surface area contributed by atoms with Crippen LogP contribution in [0.3, 0.4) is 0 Å². The van der Waals surface area contributed by atoms with Gasteiger partial charge in [0.15, 0.2) is 0 Å². The van der Waals surface area contributed by atoms with E-state index in [4.69, 9.17) is 11.6 Å². The van der Waals surface area contributed by atoms with Gasteiger partial charge in [-0.05, 0) is 60.4 Å². The number of nitrogens with zero attached hydrogens (tertiary/aromatic N) is 2. The first-order valence-corrected chi connectivity index (χ1v) is 16.1. The summed E-state index contributed by atoms with van der Waals surface area (Å²) in [5.41, 5.74) is 2.67. The predicted molar refractivity (Wildman–Crippen MR) is 165 cm³/mol. The molecule has 1 atom stereocenters. The molecule has 0 heterocycles. The number of amides is 2. The smallest absolute Gasteiger partial charge is 0.244 e. The lowest BCUT2D eigenvalue weighted by Crippen LogP contribution is -2.53. The van der Waals surface area contributed by atoms with Gasteiger partial charge in [-0.15, -0.1) is 0 Å². The minimum atomic E-state index is -3.85. The van der Waals surface area contributed by atoms with Gasteiger partial charge in [0.05, 0.1) is 11.9 Å². The average Bonchev–Trinajstić information content (AvgIpc) is 2.90. The number of anilines is 1. The van der Waals surface area contributed by atoms with E-state index in [-0.39, 0.29) is 18.9 Å². The number of unbranched alkanes of at least 4 members (excludes halogenated alkanes) is 1. The zero-order valence-corrected chi connectivity index (χ0v) is 26.1. The van der Waals surface area contributed by atoms with Crippen LogP contribution in [0.5, 0.6) is 0 Å². The van der Waals surface area contributed by atoms with Crippen LogP contribution < -0.4 is 9.62 Å². The van der Waals surface area contributed by atoms with Crippen molar-refractivity contribution in [1.29, 1.82) is 0 Å². The first-order valence-electron chi connectivity index (χ1n) is 13.1. The highest BCUT2D eigenvalue weighted by Gasteiger charge is 2.33. The maximum absolute atomic E-state index is 14.1. The molecule has 0 radical (unpaired) electrons. The Kier molecular flexibility index (Phi) is 11.6. The lowest BCUT2D eigenvalue weighted by Gasteiger charge is -2.34. The number of halogens is 2. The second-order valence-corrected chi connectivity index (χ2v) is 13.0. The highest BCUT2D eigenvalue weighted by Crippen LogP contribution is 2.26. The van der Waals surface area contributed by atoms with Crippen molar-refractivity contribution in [3.63, 3.8) is 0 Å². The Hall–Kier alpha value is -2.88. The number of hydrogen-bond acceptors (Lipinski definition) is 4. The van der Waals surface area contributed by atoms with E-state index in [1.807, 2.05) is 61.5 Å². The number of rotatable bonds is 13. The van der Waals surface area contributed by atoms with Crippen LogP contribution in [0.15, 0.2) is 77.3 Å². The number of aryl methyl sites for hydroxylation is 1. The van der Waals surface area contributed by atoms with Crippen molar-refractivity contribution in [2.24, 2.45) is 0 Å². The molecule has 0 saturated carbocycles. The fraction of sp³-hybridized carbons (Fsp3) is 0.333. The largest absolute Gasteiger partial charge is 0.354 e. The molecule has 0 fully saturated rings. The molecule has 40 heavy (non-hydrogen) atoms. The number of nitrogens with one attached hydrogen (secondary N) is 1. The summed E-state index contributed by atoms with van der Waals surface area (Å²) in [6.07, 6.45) is 3.06. The molecule has 2 amide bonds. The molecule has 7 nitrogen and oxygen atoms in total. The van der Waals surface area contributed by atoms with Crippen LogP contribution in [0.2, 0.25) is 5.02 Å². The zero-order chi connectivity index (χ0) is 29.3. The first kappa shape index (κ1) is 31.6. The lowest BCUT2D eigenvalue weighted by atomic mass is 10.0. The van der Waals surface area contributed by atoms with E-state index in [1.54, 1.807) is 25.1 Å². The van der Waals surface area contributed by atoms with Crippen LogP contribution in [0, 0.1) is 6.92 Å². The minimum Gasteiger partial charge on any atom is -0.354 e.